The minimum absolute atomic E-state index is 0.0386. The lowest BCUT2D eigenvalue weighted by Crippen LogP contribution is -2.58. The number of halogens is 6. The van der Waals surface area contributed by atoms with Crippen molar-refractivity contribution in [2.24, 2.45) is 17.3 Å². The molecule has 3 nitrogen and oxygen atoms in total. The molecule has 2 unspecified atom stereocenters. The van der Waals surface area contributed by atoms with Crippen LogP contribution in [0, 0.1) is 17.3 Å². The van der Waals surface area contributed by atoms with Crippen LogP contribution in [0.5, 0.6) is 0 Å². The molecule has 0 heterocycles. The molecule has 1 rings (SSSR count). The number of carbonyl (C=O) groups is 1. The lowest BCUT2D eigenvalue weighted by atomic mass is 9.76. The average molecular weight is 378 g/mol. The second kappa shape index (κ2) is 7.32. The smallest absolute Gasteiger partial charge is 0.426 e. The third kappa shape index (κ3) is 5.49. The van der Waals surface area contributed by atoms with E-state index in [1.54, 1.807) is 20.8 Å². The number of aliphatic hydroxyl groups is 1. The van der Waals surface area contributed by atoms with Gasteiger partial charge in [-0.15, -0.1) is 0 Å². The molecular formula is C16H24F6O3. The van der Waals surface area contributed by atoms with Crippen molar-refractivity contribution in [3.05, 3.63) is 0 Å². The highest BCUT2D eigenvalue weighted by atomic mass is 19.4. The van der Waals surface area contributed by atoms with Crippen LogP contribution in [0.1, 0.15) is 52.9 Å². The molecule has 0 bridgehead atoms. The molecule has 0 spiro atoms. The van der Waals surface area contributed by atoms with Gasteiger partial charge in [0.25, 0.3) is 5.60 Å². The first-order chi connectivity index (χ1) is 11.1. The van der Waals surface area contributed by atoms with E-state index >= 15 is 0 Å². The van der Waals surface area contributed by atoms with Gasteiger partial charge in [0.2, 0.25) is 0 Å². The number of rotatable bonds is 4. The molecule has 148 valence electrons. The van der Waals surface area contributed by atoms with E-state index in [1.165, 1.54) is 0 Å². The summed E-state index contributed by atoms with van der Waals surface area (Å²) in [6.45, 7) is 4.90. The van der Waals surface area contributed by atoms with Crippen molar-refractivity contribution < 1.29 is 41.0 Å². The molecule has 2 atom stereocenters. The van der Waals surface area contributed by atoms with Gasteiger partial charge in [0.15, 0.2) is 0 Å². The summed E-state index contributed by atoms with van der Waals surface area (Å²) < 4.78 is 81.9. The third-order valence-corrected chi connectivity index (χ3v) is 4.48. The van der Waals surface area contributed by atoms with E-state index in [-0.39, 0.29) is 25.4 Å². The molecule has 1 saturated carbocycles. The fourth-order valence-corrected chi connectivity index (χ4v) is 2.96. The van der Waals surface area contributed by atoms with Crippen LogP contribution in [-0.2, 0) is 9.53 Å². The van der Waals surface area contributed by atoms with E-state index in [1.807, 2.05) is 0 Å². The van der Waals surface area contributed by atoms with Gasteiger partial charge >= 0.3 is 18.3 Å². The van der Waals surface area contributed by atoms with E-state index in [4.69, 9.17) is 4.74 Å². The van der Waals surface area contributed by atoms with Crippen LogP contribution in [0.15, 0.2) is 0 Å². The topological polar surface area (TPSA) is 46.5 Å². The van der Waals surface area contributed by atoms with Crippen molar-refractivity contribution in [1.29, 1.82) is 0 Å². The fourth-order valence-electron chi connectivity index (χ4n) is 2.96. The highest BCUT2D eigenvalue weighted by Crippen LogP contribution is 2.49. The molecule has 9 heteroatoms. The largest absolute Gasteiger partial charge is 0.465 e. The van der Waals surface area contributed by atoms with Crippen molar-refractivity contribution in [2.45, 2.75) is 70.8 Å². The molecule has 0 aromatic rings. The number of ether oxygens (including phenoxy) is 1. The molecule has 1 N–H and O–H groups in total. The van der Waals surface area contributed by atoms with Crippen LogP contribution in [0.25, 0.3) is 0 Å². The van der Waals surface area contributed by atoms with Crippen molar-refractivity contribution in [2.75, 3.05) is 6.61 Å². The predicted octanol–water partition coefficient (Wildman–Crippen LogP) is 4.63. The Morgan fingerprint density at radius 1 is 1.00 bits per heavy atom. The zero-order valence-electron chi connectivity index (χ0n) is 14.4. The van der Waals surface area contributed by atoms with Crippen LogP contribution in [0.2, 0.25) is 0 Å². The minimum Gasteiger partial charge on any atom is -0.465 e. The maximum absolute atomic E-state index is 12.8. The summed E-state index contributed by atoms with van der Waals surface area (Å²) in [7, 11) is 0. The molecule has 0 radical (unpaired) electrons. The third-order valence-electron chi connectivity index (χ3n) is 4.48. The number of carbonyl (C=O) groups excluding carboxylic acids is 1. The summed E-state index contributed by atoms with van der Waals surface area (Å²) in [5, 5.41) is 9.31. The Kier molecular flexibility index (Phi) is 6.46. The standard InChI is InChI=1S/C16H24F6O3/c1-13(2,3)12(23)25-9-11-6-4-5-10(7-11)8-14(24,15(17,18)19)16(20,21)22/h10-11,24H,4-9H2,1-3H3. The lowest BCUT2D eigenvalue weighted by molar-refractivity contribution is -0.373. The van der Waals surface area contributed by atoms with E-state index in [9.17, 15) is 36.2 Å². The van der Waals surface area contributed by atoms with Gasteiger partial charge in [0, 0.05) is 0 Å². The van der Waals surface area contributed by atoms with Gasteiger partial charge < -0.3 is 9.84 Å². The Hall–Kier alpha value is -0.990. The Labute approximate surface area is 142 Å². The maximum atomic E-state index is 12.8. The van der Waals surface area contributed by atoms with Crippen LogP contribution < -0.4 is 0 Å². The Morgan fingerprint density at radius 3 is 1.92 bits per heavy atom. The van der Waals surface area contributed by atoms with E-state index < -0.39 is 41.7 Å². The van der Waals surface area contributed by atoms with E-state index in [2.05, 4.69) is 0 Å². The molecule has 0 aliphatic heterocycles. The normalized spacial score (nSPS) is 23.4. The van der Waals surface area contributed by atoms with E-state index in [0.29, 0.717) is 12.8 Å². The Bertz CT molecular complexity index is 450. The zero-order chi connectivity index (χ0) is 19.7. The summed E-state index contributed by atoms with van der Waals surface area (Å²) >= 11 is 0. The number of hydrogen-bond donors (Lipinski definition) is 1. The molecule has 25 heavy (non-hydrogen) atoms. The summed E-state index contributed by atoms with van der Waals surface area (Å²) in [6.07, 6.45) is -11.8. The van der Waals surface area contributed by atoms with Gasteiger partial charge in [-0.3, -0.25) is 4.79 Å². The van der Waals surface area contributed by atoms with Gasteiger partial charge in [-0.2, -0.15) is 26.3 Å². The second-order valence-corrected chi connectivity index (χ2v) is 7.81. The van der Waals surface area contributed by atoms with Gasteiger partial charge in [0.1, 0.15) is 0 Å². The van der Waals surface area contributed by atoms with Crippen molar-refractivity contribution in [3.63, 3.8) is 0 Å². The maximum Gasteiger partial charge on any atom is 0.426 e. The molecule has 0 saturated heterocycles. The SMILES string of the molecule is CC(C)(C)C(=O)OCC1CCCC(CC(O)(C(F)(F)F)C(F)(F)F)C1. The van der Waals surface area contributed by atoms with E-state index in [0.717, 1.165) is 0 Å². The van der Waals surface area contributed by atoms with Crippen molar-refractivity contribution >= 4 is 5.97 Å². The molecule has 0 amide bonds. The Morgan fingerprint density at radius 2 is 1.48 bits per heavy atom. The van der Waals surface area contributed by atoms with Crippen molar-refractivity contribution in [1.82, 2.24) is 0 Å². The summed E-state index contributed by atoms with van der Waals surface area (Å²) in [5.41, 5.74) is -5.45. The predicted molar refractivity (Wildman–Crippen MR) is 77.5 cm³/mol. The quantitative estimate of drug-likeness (QED) is 0.573. The molecule has 0 aromatic carbocycles. The van der Waals surface area contributed by atoms with Crippen LogP contribution in [-0.4, -0.2) is 35.6 Å². The molecule has 1 fully saturated rings. The summed E-state index contributed by atoms with van der Waals surface area (Å²) in [5.74, 6) is -1.73. The first-order valence-electron chi connectivity index (χ1n) is 8.11. The van der Waals surface area contributed by atoms with Gasteiger partial charge in [-0.05, 0) is 51.9 Å². The summed E-state index contributed by atoms with van der Waals surface area (Å²) in [6, 6.07) is 0. The Balaban J connectivity index is 2.73. The minimum atomic E-state index is -5.79. The molecule has 1 aliphatic carbocycles. The zero-order valence-corrected chi connectivity index (χ0v) is 14.4. The van der Waals surface area contributed by atoms with Crippen molar-refractivity contribution in [3.8, 4) is 0 Å². The fraction of sp³-hybridized carbons (Fsp3) is 0.938. The number of esters is 1. The first kappa shape index (κ1) is 22.1. The lowest BCUT2D eigenvalue weighted by Gasteiger charge is -2.37. The first-order valence-corrected chi connectivity index (χ1v) is 8.11. The molecule has 1 aliphatic rings. The average Bonchev–Trinajstić information content (AvgIpc) is 2.41. The number of hydrogen-bond acceptors (Lipinski definition) is 3. The van der Waals surface area contributed by atoms with Crippen LogP contribution in [0.4, 0.5) is 26.3 Å². The number of alkyl halides is 6. The van der Waals surface area contributed by atoms with Crippen LogP contribution >= 0.6 is 0 Å². The molecule has 0 aromatic heterocycles. The monoisotopic (exact) mass is 378 g/mol. The van der Waals surface area contributed by atoms with Gasteiger partial charge in [-0.25, -0.2) is 0 Å². The molecular weight excluding hydrogens is 354 g/mol. The van der Waals surface area contributed by atoms with Gasteiger partial charge in [0.05, 0.1) is 12.0 Å². The van der Waals surface area contributed by atoms with Crippen LogP contribution in [0.3, 0.4) is 0 Å². The highest BCUT2D eigenvalue weighted by molar-refractivity contribution is 5.75. The second-order valence-electron chi connectivity index (χ2n) is 7.81. The summed E-state index contributed by atoms with van der Waals surface area (Å²) in [4.78, 5) is 11.7. The highest BCUT2D eigenvalue weighted by Gasteiger charge is 2.70. The van der Waals surface area contributed by atoms with Gasteiger partial charge in [-0.1, -0.05) is 12.8 Å².